The van der Waals surface area contributed by atoms with Gasteiger partial charge in [-0.05, 0) is 12.1 Å². The number of pyridine rings is 1. The summed E-state index contributed by atoms with van der Waals surface area (Å²) in [5.74, 6) is -0.0986. The first-order valence-electron chi connectivity index (χ1n) is 5.92. The zero-order valence-electron chi connectivity index (χ0n) is 10.7. The summed E-state index contributed by atoms with van der Waals surface area (Å²) >= 11 is 2.84. The topological polar surface area (TPSA) is 72.1 Å². The average molecular weight is 304 g/mol. The molecule has 0 atom stereocenters. The summed E-state index contributed by atoms with van der Waals surface area (Å²) in [4.78, 5) is 23.8. The highest BCUT2D eigenvalue weighted by molar-refractivity contribution is 7.21. The zero-order valence-corrected chi connectivity index (χ0v) is 12.4. The highest BCUT2D eigenvalue weighted by atomic mass is 32.1. The predicted molar refractivity (Wildman–Crippen MR) is 81.9 cm³/mol. The number of hydrogen-bond donors (Lipinski definition) is 1. The van der Waals surface area contributed by atoms with E-state index in [4.69, 9.17) is 5.73 Å². The Kier molecular flexibility index (Phi) is 3.37. The van der Waals surface area contributed by atoms with E-state index in [1.54, 1.807) is 23.7 Å². The highest BCUT2D eigenvalue weighted by Crippen LogP contribution is 2.32. The molecule has 3 rings (SSSR count). The van der Waals surface area contributed by atoms with Crippen LogP contribution in [0.5, 0.6) is 0 Å². The van der Waals surface area contributed by atoms with Crippen molar-refractivity contribution in [3.05, 3.63) is 39.8 Å². The molecular weight excluding hydrogens is 292 g/mol. The number of thiazole rings is 1. The molecule has 0 aromatic carbocycles. The lowest BCUT2D eigenvalue weighted by Crippen LogP contribution is -2.26. The van der Waals surface area contributed by atoms with Crippen LogP contribution in [0, 0.1) is 0 Å². The van der Waals surface area contributed by atoms with Gasteiger partial charge in [0.25, 0.3) is 5.91 Å². The minimum absolute atomic E-state index is 0.0986. The average Bonchev–Trinajstić information content (AvgIpc) is 3.07. The van der Waals surface area contributed by atoms with Crippen LogP contribution < -0.4 is 5.73 Å². The van der Waals surface area contributed by atoms with E-state index in [0.717, 1.165) is 15.9 Å². The standard InChI is InChI=1S/C13H12N4OS2/c1-17(5-8-6-19-7-16-8)13(18)11-10(14)9-3-2-4-15-12(9)20-11/h2-4,6-7H,5,14H2,1H3. The van der Waals surface area contributed by atoms with Crippen molar-refractivity contribution in [3.63, 3.8) is 0 Å². The van der Waals surface area contributed by atoms with E-state index in [9.17, 15) is 4.79 Å². The van der Waals surface area contributed by atoms with Gasteiger partial charge >= 0.3 is 0 Å². The minimum Gasteiger partial charge on any atom is -0.397 e. The molecule has 20 heavy (non-hydrogen) atoms. The summed E-state index contributed by atoms with van der Waals surface area (Å²) in [6.45, 7) is 0.476. The first-order valence-corrected chi connectivity index (χ1v) is 7.68. The number of aromatic nitrogens is 2. The molecule has 0 unspecified atom stereocenters. The van der Waals surface area contributed by atoms with Gasteiger partial charge < -0.3 is 10.6 Å². The number of rotatable bonds is 3. The Labute approximate surface area is 123 Å². The minimum atomic E-state index is -0.0986. The van der Waals surface area contributed by atoms with Crippen LogP contribution in [0.3, 0.4) is 0 Å². The normalized spacial score (nSPS) is 10.8. The summed E-state index contributed by atoms with van der Waals surface area (Å²) in [6, 6.07) is 3.70. The number of anilines is 1. The Bertz CT molecular complexity index is 751. The molecule has 3 aromatic heterocycles. The number of hydrogen-bond acceptors (Lipinski definition) is 6. The van der Waals surface area contributed by atoms with Crippen molar-refractivity contribution in [1.82, 2.24) is 14.9 Å². The molecule has 5 nitrogen and oxygen atoms in total. The summed E-state index contributed by atoms with van der Waals surface area (Å²) < 4.78 is 0. The number of carbonyl (C=O) groups excluding carboxylic acids is 1. The third kappa shape index (κ3) is 2.25. The maximum absolute atomic E-state index is 12.5. The molecule has 2 N–H and O–H groups in total. The van der Waals surface area contributed by atoms with E-state index in [1.807, 2.05) is 17.5 Å². The highest BCUT2D eigenvalue weighted by Gasteiger charge is 2.20. The molecule has 3 aromatic rings. The monoisotopic (exact) mass is 304 g/mol. The molecule has 0 bridgehead atoms. The van der Waals surface area contributed by atoms with Crippen molar-refractivity contribution >= 4 is 44.5 Å². The van der Waals surface area contributed by atoms with Crippen molar-refractivity contribution in [2.45, 2.75) is 6.54 Å². The molecule has 0 fully saturated rings. The molecule has 0 aliphatic heterocycles. The van der Waals surface area contributed by atoms with E-state index in [-0.39, 0.29) is 5.91 Å². The number of amides is 1. The third-order valence-electron chi connectivity index (χ3n) is 2.93. The predicted octanol–water partition coefficient (Wildman–Crippen LogP) is 2.61. The van der Waals surface area contributed by atoms with Gasteiger partial charge in [0.15, 0.2) is 0 Å². The zero-order chi connectivity index (χ0) is 14.1. The number of fused-ring (bicyclic) bond motifs is 1. The Balaban J connectivity index is 1.90. The van der Waals surface area contributed by atoms with Crippen molar-refractivity contribution in [1.29, 1.82) is 0 Å². The smallest absolute Gasteiger partial charge is 0.266 e. The van der Waals surface area contributed by atoms with Gasteiger partial charge in [-0.15, -0.1) is 22.7 Å². The molecular formula is C13H12N4OS2. The van der Waals surface area contributed by atoms with Crippen molar-refractivity contribution in [2.75, 3.05) is 12.8 Å². The van der Waals surface area contributed by atoms with Gasteiger partial charge in [0.05, 0.1) is 23.4 Å². The summed E-state index contributed by atoms with van der Waals surface area (Å²) in [5.41, 5.74) is 9.20. The fraction of sp³-hybridized carbons (Fsp3) is 0.154. The largest absolute Gasteiger partial charge is 0.397 e. The van der Waals surface area contributed by atoms with Gasteiger partial charge in [-0.1, -0.05) is 0 Å². The number of nitrogen functional groups attached to an aromatic ring is 1. The van der Waals surface area contributed by atoms with E-state index in [1.165, 1.54) is 22.7 Å². The second-order valence-corrected chi connectivity index (χ2v) is 6.06. The Hall–Kier alpha value is -1.99. The van der Waals surface area contributed by atoms with E-state index in [0.29, 0.717) is 17.1 Å². The number of nitrogens with two attached hydrogens (primary N) is 1. The number of thiophene rings is 1. The van der Waals surface area contributed by atoms with Crippen molar-refractivity contribution < 1.29 is 4.79 Å². The molecule has 0 aliphatic carbocycles. The fourth-order valence-electron chi connectivity index (χ4n) is 1.91. The van der Waals surface area contributed by atoms with Gasteiger partial charge in [0.2, 0.25) is 0 Å². The molecule has 1 amide bonds. The number of nitrogens with zero attached hydrogens (tertiary/aromatic N) is 3. The molecule has 0 saturated heterocycles. The lowest BCUT2D eigenvalue weighted by molar-refractivity contribution is 0.0789. The maximum atomic E-state index is 12.5. The van der Waals surface area contributed by atoms with Crippen LogP contribution in [0.1, 0.15) is 15.4 Å². The van der Waals surface area contributed by atoms with Crippen LogP contribution in [-0.4, -0.2) is 27.8 Å². The molecule has 0 radical (unpaired) electrons. The quantitative estimate of drug-likeness (QED) is 0.807. The van der Waals surface area contributed by atoms with Crippen LogP contribution in [0.15, 0.2) is 29.2 Å². The summed E-state index contributed by atoms with van der Waals surface area (Å²) in [5, 5.41) is 2.77. The second kappa shape index (κ2) is 5.18. The van der Waals surface area contributed by atoms with Crippen LogP contribution in [-0.2, 0) is 6.54 Å². The molecule has 102 valence electrons. The van der Waals surface area contributed by atoms with Crippen LogP contribution in [0.25, 0.3) is 10.2 Å². The summed E-state index contributed by atoms with van der Waals surface area (Å²) in [6.07, 6.45) is 1.70. The van der Waals surface area contributed by atoms with Gasteiger partial charge in [0.1, 0.15) is 9.71 Å². The van der Waals surface area contributed by atoms with Gasteiger partial charge in [-0.2, -0.15) is 0 Å². The second-order valence-electron chi connectivity index (χ2n) is 4.34. The molecule has 7 heteroatoms. The third-order valence-corrected chi connectivity index (χ3v) is 4.68. The van der Waals surface area contributed by atoms with Crippen LogP contribution in [0.2, 0.25) is 0 Å². The van der Waals surface area contributed by atoms with Gasteiger partial charge in [0, 0.05) is 24.0 Å². The van der Waals surface area contributed by atoms with E-state index in [2.05, 4.69) is 9.97 Å². The van der Waals surface area contributed by atoms with E-state index < -0.39 is 0 Å². The lowest BCUT2D eigenvalue weighted by atomic mass is 10.2. The SMILES string of the molecule is CN(Cc1cscn1)C(=O)c1sc2ncccc2c1N. The van der Waals surface area contributed by atoms with Crippen LogP contribution >= 0.6 is 22.7 Å². The van der Waals surface area contributed by atoms with Crippen molar-refractivity contribution in [3.8, 4) is 0 Å². The van der Waals surface area contributed by atoms with E-state index >= 15 is 0 Å². The molecule has 3 heterocycles. The fourth-order valence-corrected chi connectivity index (χ4v) is 3.52. The Morgan fingerprint density at radius 2 is 2.30 bits per heavy atom. The molecule has 0 aliphatic rings. The van der Waals surface area contributed by atoms with Gasteiger partial charge in [-0.3, -0.25) is 4.79 Å². The summed E-state index contributed by atoms with van der Waals surface area (Å²) in [7, 11) is 1.75. The maximum Gasteiger partial charge on any atom is 0.266 e. The van der Waals surface area contributed by atoms with Gasteiger partial charge in [-0.25, -0.2) is 9.97 Å². The van der Waals surface area contributed by atoms with Crippen LogP contribution in [0.4, 0.5) is 5.69 Å². The number of carbonyl (C=O) groups is 1. The Morgan fingerprint density at radius 1 is 1.45 bits per heavy atom. The van der Waals surface area contributed by atoms with Crippen molar-refractivity contribution in [2.24, 2.45) is 0 Å². The Morgan fingerprint density at radius 3 is 3.00 bits per heavy atom. The first kappa shape index (κ1) is 13.0. The molecule has 0 saturated carbocycles. The molecule has 0 spiro atoms. The first-order chi connectivity index (χ1) is 9.66. The lowest BCUT2D eigenvalue weighted by Gasteiger charge is -2.15.